The molecule has 5 heteroatoms. The van der Waals surface area contributed by atoms with Gasteiger partial charge in [-0.05, 0) is 30.2 Å². The van der Waals surface area contributed by atoms with E-state index >= 15 is 0 Å². The lowest BCUT2D eigenvalue weighted by Gasteiger charge is -2.15. The summed E-state index contributed by atoms with van der Waals surface area (Å²) in [5, 5.41) is 0. The van der Waals surface area contributed by atoms with Crippen LogP contribution in [-0.4, -0.2) is 0 Å². The minimum atomic E-state index is -4.33. The van der Waals surface area contributed by atoms with Crippen molar-refractivity contribution < 1.29 is 13.2 Å². The maximum atomic E-state index is 12.6. The quantitative estimate of drug-likeness (QED) is 0.831. The third-order valence-corrected chi connectivity index (χ3v) is 2.34. The van der Waals surface area contributed by atoms with Crippen molar-refractivity contribution in [3.63, 3.8) is 0 Å². The van der Waals surface area contributed by atoms with Gasteiger partial charge in [0.05, 0.1) is 5.56 Å². The van der Waals surface area contributed by atoms with Crippen molar-refractivity contribution in [2.75, 3.05) is 0 Å². The molecule has 14 heavy (non-hydrogen) atoms. The Labute approximate surface area is 88.2 Å². The van der Waals surface area contributed by atoms with Gasteiger partial charge in [-0.25, -0.2) is 0 Å². The van der Waals surface area contributed by atoms with Gasteiger partial charge in [-0.3, -0.25) is 0 Å². The molecule has 78 valence electrons. The van der Waals surface area contributed by atoms with Crippen molar-refractivity contribution in [2.45, 2.75) is 19.6 Å². The van der Waals surface area contributed by atoms with Crippen molar-refractivity contribution in [1.29, 1.82) is 0 Å². The maximum Gasteiger partial charge on any atom is 0.416 e. The zero-order valence-electron chi connectivity index (χ0n) is 7.45. The maximum absolute atomic E-state index is 12.6. The summed E-state index contributed by atoms with van der Waals surface area (Å²) in [5.41, 5.74) is 4.94. The van der Waals surface area contributed by atoms with Crippen LogP contribution in [0.25, 0.3) is 0 Å². The zero-order valence-corrected chi connectivity index (χ0v) is 9.04. The van der Waals surface area contributed by atoms with E-state index in [2.05, 4.69) is 15.9 Å². The second-order valence-corrected chi connectivity index (χ2v) is 3.87. The number of alkyl halides is 3. The molecule has 0 saturated carbocycles. The van der Waals surface area contributed by atoms with Gasteiger partial charge in [0.2, 0.25) is 0 Å². The van der Waals surface area contributed by atoms with Crippen LogP contribution in [0.2, 0.25) is 0 Å². The first-order chi connectivity index (χ1) is 6.36. The molecule has 0 aliphatic heterocycles. The summed E-state index contributed by atoms with van der Waals surface area (Å²) in [6.45, 7) is 1.31. The summed E-state index contributed by atoms with van der Waals surface area (Å²) in [4.78, 5) is 0. The molecule has 1 rings (SSSR count). The predicted octanol–water partition coefficient (Wildman–Crippen LogP) is 3.24. The second-order valence-electron chi connectivity index (χ2n) is 2.96. The Bertz CT molecular complexity index is 347. The largest absolute Gasteiger partial charge is 0.416 e. The molecule has 0 bridgehead atoms. The second kappa shape index (κ2) is 3.90. The van der Waals surface area contributed by atoms with E-state index in [0.717, 1.165) is 0 Å². The topological polar surface area (TPSA) is 26.0 Å². The normalized spacial score (nSPS) is 11.9. The van der Waals surface area contributed by atoms with Crippen molar-refractivity contribution >= 4 is 15.9 Å². The lowest BCUT2D eigenvalue weighted by molar-refractivity contribution is -0.138. The number of rotatable bonds is 1. The minimum Gasteiger partial charge on any atom is -0.326 e. The van der Waals surface area contributed by atoms with Crippen LogP contribution in [0.5, 0.6) is 0 Å². The fourth-order valence-electron chi connectivity index (χ4n) is 1.38. The Kier molecular flexibility index (Phi) is 3.21. The van der Waals surface area contributed by atoms with E-state index in [0.29, 0.717) is 4.47 Å². The molecule has 1 aromatic rings. The molecule has 0 heterocycles. The third kappa shape index (κ3) is 2.27. The summed E-state index contributed by atoms with van der Waals surface area (Å²) < 4.78 is 38.3. The molecule has 0 radical (unpaired) electrons. The van der Waals surface area contributed by atoms with Crippen molar-refractivity contribution in [3.8, 4) is 0 Å². The van der Waals surface area contributed by atoms with Crippen LogP contribution in [0, 0.1) is 6.92 Å². The summed E-state index contributed by atoms with van der Waals surface area (Å²) in [5.74, 6) is 0. The number of halogens is 4. The van der Waals surface area contributed by atoms with Crippen LogP contribution in [0.15, 0.2) is 16.6 Å². The van der Waals surface area contributed by atoms with Gasteiger partial charge in [0, 0.05) is 11.0 Å². The third-order valence-electron chi connectivity index (χ3n) is 1.89. The van der Waals surface area contributed by atoms with E-state index in [1.165, 1.54) is 19.1 Å². The van der Waals surface area contributed by atoms with E-state index in [1.807, 2.05) is 0 Å². The first-order valence-corrected chi connectivity index (χ1v) is 4.72. The number of aryl methyl sites for hydroxylation is 1. The van der Waals surface area contributed by atoms with Crippen LogP contribution in [0.3, 0.4) is 0 Å². The SMILES string of the molecule is Cc1cc(Br)cc(CN)c1C(F)(F)F. The molecule has 0 fully saturated rings. The highest BCUT2D eigenvalue weighted by Crippen LogP contribution is 2.35. The van der Waals surface area contributed by atoms with E-state index in [1.54, 1.807) is 0 Å². The summed E-state index contributed by atoms with van der Waals surface area (Å²) in [6.07, 6.45) is -4.33. The van der Waals surface area contributed by atoms with Crippen LogP contribution in [0.1, 0.15) is 16.7 Å². The molecule has 0 amide bonds. The molecule has 0 unspecified atom stereocenters. The molecule has 1 aromatic carbocycles. The molecule has 0 atom stereocenters. The Morgan fingerprint density at radius 3 is 2.36 bits per heavy atom. The van der Waals surface area contributed by atoms with Crippen molar-refractivity contribution in [1.82, 2.24) is 0 Å². The standard InChI is InChI=1S/C9H9BrF3N/c1-5-2-7(10)3-6(4-14)8(5)9(11,12)13/h2-3H,4,14H2,1H3. The van der Waals surface area contributed by atoms with Gasteiger partial charge in [0.15, 0.2) is 0 Å². The first-order valence-electron chi connectivity index (χ1n) is 3.92. The molecule has 2 N–H and O–H groups in total. The lowest BCUT2D eigenvalue weighted by atomic mass is 10.0. The monoisotopic (exact) mass is 267 g/mol. The molecule has 0 saturated heterocycles. The van der Waals surface area contributed by atoms with Gasteiger partial charge in [-0.15, -0.1) is 0 Å². The van der Waals surface area contributed by atoms with Gasteiger partial charge in [0.25, 0.3) is 0 Å². The van der Waals surface area contributed by atoms with Crippen LogP contribution >= 0.6 is 15.9 Å². The summed E-state index contributed by atoms with van der Waals surface area (Å²) >= 11 is 3.13. The average Bonchev–Trinajstić information content (AvgIpc) is 1.99. The van der Waals surface area contributed by atoms with Crippen LogP contribution in [-0.2, 0) is 12.7 Å². The van der Waals surface area contributed by atoms with E-state index in [9.17, 15) is 13.2 Å². The van der Waals surface area contributed by atoms with Crippen LogP contribution < -0.4 is 5.73 Å². The first kappa shape index (κ1) is 11.5. The van der Waals surface area contributed by atoms with Crippen molar-refractivity contribution in [3.05, 3.63) is 33.3 Å². The zero-order chi connectivity index (χ0) is 10.9. The number of benzene rings is 1. The van der Waals surface area contributed by atoms with Gasteiger partial charge in [-0.1, -0.05) is 15.9 Å². The molecule has 0 aliphatic carbocycles. The highest BCUT2D eigenvalue weighted by atomic mass is 79.9. The fourth-order valence-corrected chi connectivity index (χ4v) is 2.00. The summed E-state index contributed by atoms with van der Waals surface area (Å²) in [6, 6.07) is 2.83. The fraction of sp³-hybridized carbons (Fsp3) is 0.333. The predicted molar refractivity (Wildman–Crippen MR) is 51.8 cm³/mol. The van der Waals surface area contributed by atoms with Crippen LogP contribution in [0.4, 0.5) is 13.2 Å². The number of hydrogen-bond acceptors (Lipinski definition) is 1. The molecule has 0 aliphatic rings. The van der Waals surface area contributed by atoms with E-state index < -0.39 is 11.7 Å². The summed E-state index contributed by atoms with van der Waals surface area (Å²) in [7, 11) is 0. The number of nitrogens with two attached hydrogens (primary N) is 1. The van der Waals surface area contributed by atoms with Crippen molar-refractivity contribution in [2.24, 2.45) is 5.73 Å². The lowest BCUT2D eigenvalue weighted by Crippen LogP contribution is -2.14. The molecule has 0 aromatic heterocycles. The molecule has 0 spiro atoms. The molecule has 1 nitrogen and oxygen atoms in total. The Balaban J connectivity index is 3.40. The highest BCUT2D eigenvalue weighted by Gasteiger charge is 2.34. The van der Waals surface area contributed by atoms with E-state index in [4.69, 9.17) is 5.73 Å². The van der Waals surface area contributed by atoms with Gasteiger partial charge >= 0.3 is 6.18 Å². The Hall–Kier alpha value is -0.550. The smallest absolute Gasteiger partial charge is 0.326 e. The van der Waals surface area contributed by atoms with Gasteiger partial charge in [0.1, 0.15) is 0 Å². The number of hydrogen-bond donors (Lipinski definition) is 1. The highest BCUT2D eigenvalue weighted by molar-refractivity contribution is 9.10. The van der Waals surface area contributed by atoms with Gasteiger partial charge in [-0.2, -0.15) is 13.2 Å². The Morgan fingerprint density at radius 2 is 1.93 bits per heavy atom. The van der Waals surface area contributed by atoms with E-state index in [-0.39, 0.29) is 17.7 Å². The minimum absolute atomic E-state index is 0.115. The average molecular weight is 268 g/mol. The molecular formula is C9H9BrF3N. The van der Waals surface area contributed by atoms with Gasteiger partial charge < -0.3 is 5.73 Å². The Morgan fingerprint density at radius 1 is 1.36 bits per heavy atom. The molecular weight excluding hydrogens is 259 g/mol.